The van der Waals surface area contributed by atoms with Crippen LogP contribution in [0.3, 0.4) is 0 Å². The largest absolute Gasteiger partial charge is 0.373 e. The first-order valence-electron chi connectivity index (χ1n) is 10.6. The Morgan fingerprint density at radius 1 is 1.41 bits per heavy atom. The Hall–Kier alpha value is -2.83. The Kier molecular flexibility index (Phi) is 7.01. The van der Waals surface area contributed by atoms with Gasteiger partial charge in [0.15, 0.2) is 0 Å². The number of carbonyl (C=O) groups is 2. The lowest BCUT2D eigenvalue weighted by atomic mass is 9.99. The molecular weight excluding hydrogens is 479 g/mol. The molecule has 0 bridgehead atoms. The number of rotatable bonds is 5. The van der Waals surface area contributed by atoms with Gasteiger partial charge in [-0.15, -0.1) is 0 Å². The second-order valence-electron chi connectivity index (χ2n) is 8.15. The van der Waals surface area contributed by atoms with Crippen molar-refractivity contribution in [3.63, 3.8) is 0 Å². The first-order chi connectivity index (χ1) is 16.1. The van der Waals surface area contributed by atoms with Crippen molar-refractivity contribution in [2.45, 2.75) is 45.0 Å². The topological polar surface area (TPSA) is 88.9 Å². The Morgan fingerprint density at radius 2 is 2.18 bits per heavy atom. The molecule has 34 heavy (non-hydrogen) atoms. The lowest BCUT2D eigenvalue weighted by Gasteiger charge is -2.33. The summed E-state index contributed by atoms with van der Waals surface area (Å²) in [7, 11) is 1.42. The van der Waals surface area contributed by atoms with Crippen LogP contribution < -0.4 is 5.32 Å². The molecule has 0 radical (unpaired) electrons. The number of anilines is 1. The van der Waals surface area contributed by atoms with E-state index >= 15 is 0 Å². The van der Waals surface area contributed by atoms with E-state index in [9.17, 15) is 22.8 Å². The number of fused-ring (bicyclic) bond motifs is 3. The molecule has 2 atom stereocenters. The molecule has 2 aliphatic heterocycles. The highest BCUT2D eigenvalue weighted by molar-refractivity contribution is 6.31. The highest BCUT2D eigenvalue weighted by Gasteiger charge is 2.37. The van der Waals surface area contributed by atoms with Gasteiger partial charge in [0.1, 0.15) is 24.2 Å². The molecular formula is C21H23ClF3N5O4. The molecule has 3 heterocycles. The van der Waals surface area contributed by atoms with E-state index < -0.39 is 36.9 Å². The zero-order valence-corrected chi connectivity index (χ0v) is 19.2. The predicted octanol–water partition coefficient (Wildman–Crippen LogP) is 3.32. The number of benzene rings is 1. The minimum Gasteiger partial charge on any atom is -0.373 e. The van der Waals surface area contributed by atoms with Gasteiger partial charge in [0, 0.05) is 30.8 Å². The molecule has 0 spiro atoms. The van der Waals surface area contributed by atoms with Crippen LogP contribution in [0.5, 0.6) is 0 Å². The van der Waals surface area contributed by atoms with Crippen molar-refractivity contribution < 1.29 is 32.3 Å². The van der Waals surface area contributed by atoms with Gasteiger partial charge >= 0.3 is 6.03 Å². The summed E-state index contributed by atoms with van der Waals surface area (Å²) in [5, 5.41) is 8.15. The van der Waals surface area contributed by atoms with Crippen molar-refractivity contribution in [2.75, 3.05) is 25.6 Å². The number of alkyl halides is 2. The van der Waals surface area contributed by atoms with E-state index in [0.717, 1.165) is 11.1 Å². The maximum Gasteiger partial charge on any atom is 0.322 e. The third-order valence-electron chi connectivity index (χ3n) is 5.63. The van der Waals surface area contributed by atoms with Gasteiger partial charge in [-0.05, 0) is 25.1 Å². The smallest absolute Gasteiger partial charge is 0.322 e. The van der Waals surface area contributed by atoms with E-state index in [1.807, 2.05) is 6.92 Å². The summed E-state index contributed by atoms with van der Waals surface area (Å²) in [5.74, 6) is -1.06. The SMILES string of the molecule is C[C@@H]1Cc2nn3c(c2CN1C(=O)Nc1ccc(F)c(Cl)c1)C(=O)N(C)O[C@H](COCC(F)F)C3. The zero-order valence-electron chi connectivity index (χ0n) is 18.4. The molecule has 0 unspecified atom stereocenters. The number of nitrogens with one attached hydrogen (secondary N) is 1. The second kappa shape index (κ2) is 9.80. The highest BCUT2D eigenvalue weighted by Crippen LogP contribution is 2.29. The van der Waals surface area contributed by atoms with Gasteiger partial charge in [-0.2, -0.15) is 5.10 Å². The van der Waals surface area contributed by atoms with Crippen LogP contribution in [0.1, 0.15) is 28.7 Å². The molecule has 1 N–H and O–H groups in total. The van der Waals surface area contributed by atoms with E-state index in [2.05, 4.69) is 10.4 Å². The number of urea groups is 1. The third kappa shape index (κ3) is 4.98. The van der Waals surface area contributed by atoms with Gasteiger partial charge < -0.3 is 15.0 Å². The standard InChI is InChI=1S/C21H23ClF3N5O4/c1-11-5-17-14(8-29(11)21(32)26-12-3-4-16(23)15(22)6-12)19-20(31)28(2)34-13(7-30(19)27-17)9-33-10-18(24)25/h3-4,6,11,13,18H,5,7-10H2,1-2H3,(H,26,32)/t11-,13+/m1/s1. The molecule has 0 saturated carbocycles. The summed E-state index contributed by atoms with van der Waals surface area (Å²) in [6.45, 7) is 1.20. The monoisotopic (exact) mass is 501 g/mol. The van der Waals surface area contributed by atoms with E-state index in [0.29, 0.717) is 23.4 Å². The normalized spacial score (nSPS) is 20.3. The maximum absolute atomic E-state index is 13.4. The predicted molar refractivity (Wildman–Crippen MR) is 115 cm³/mol. The number of carbonyl (C=O) groups excluding carboxylic acids is 2. The van der Waals surface area contributed by atoms with E-state index in [-0.39, 0.29) is 36.5 Å². The van der Waals surface area contributed by atoms with Crippen LogP contribution in [0.15, 0.2) is 18.2 Å². The molecule has 2 aromatic rings. The zero-order chi connectivity index (χ0) is 24.6. The van der Waals surface area contributed by atoms with Crippen LogP contribution in [0.4, 0.5) is 23.7 Å². The van der Waals surface area contributed by atoms with Gasteiger partial charge in [-0.25, -0.2) is 23.0 Å². The first-order valence-corrected chi connectivity index (χ1v) is 10.9. The van der Waals surface area contributed by atoms with Gasteiger partial charge in [-0.1, -0.05) is 11.6 Å². The number of halogens is 4. The quantitative estimate of drug-likeness (QED) is 0.679. The molecule has 9 nitrogen and oxygen atoms in total. The molecule has 1 aromatic carbocycles. The van der Waals surface area contributed by atoms with Crippen molar-refractivity contribution in [3.05, 3.63) is 46.0 Å². The first kappa shape index (κ1) is 24.3. The average Bonchev–Trinajstić information content (AvgIpc) is 3.05. The summed E-state index contributed by atoms with van der Waals surface area (Å²) in [6.07, 6.45) is -2.91. The summed E-state index contributed by atoms with van der Waals surface area (Å²) in [6, 6.07) is 3.19. The van der Waals surface area contributed by atoms with Crippen LogP contribution in [0.25, 0.3) is 0 Å². The fourth-order valence-corrected chi connectivity index (χ4v) is 4.21. The molecule has 0 aliphatic carbocycles. The molecule has 4 rings (SSSR count). The minimum absolute atomic E-state index is 0.110. The van der Waals surface area contributed by atoms with Crippen molar-refractivity contribution in [3.8, 4) is 0 Å². The lowest BCUT2D eigenvalue weighted by Crippen LogP contribution is -2.45. The molecule has 3 amide bonds. The number of ether oxygens (including phenoxy) is 1. The third-order valence-corrected chi connectivity index (χ3v) is 5.92. The van der Waals surface area contributed by atoms with Crippen LogP contribution in [0.2, 0.25) is 5.02 Å². The number of aromatic nitrogens is 2. The highest BCUT2D eigenvalue weighted by atomic mass is 35.5. The maximum atomic E-state index is 13.4. The summed E-state index contributed by atoms with van der Waals surface area (Å²) >= 11 is 5.80. The lowest BCUT2D eigenvalue weighted by molar-refractivity contribution is -0.169. The van der Waals surface area contributed by atoms with Gasteiger partial charge in [-0.3, -0.25) is 14.3 Å². The van der Waals surface area contributed by atoms with Crippen LogP contribution in [-0.2, 0) is 29.1 Å². The minimum atomic E-state index is -2.61. The van der Waals surface area contributed by atoms with Crippen molar-refractivity contribution in [2.24, 2.45) is 0 Å². The molecule has 2 aliphatic rings. The van der Waals surface area contributed by atoms with Gasteiger partial charge in [0.2, 0.25) is 0 Å². The molecule has 0 saturated heterocycles. The second-order valence-corrected chi connectivity index (χ2v) is 8.56. The fourth-order valence-electron chi connectivity index (χ4n) is 4.03. The van der Waals surface area contributed by atoms with E-state index in [1.165, 1.54) is 23.9 Å². The Morgan fingerprint density at radius 3 is 2.88 bits per heavy atom. The number of hydrogen-bond donors (Lipinski definition) is 1. The number of amides is 3. The van der Waals surface area contributed by atoms with Crippen LogP contribution in [0, 0.1) is 5.82 Å². The van der Waals surface area contributed by atoms with Crippen molar-refractivity contribution in [1.82, 2.24) is 19.7 Å². The summed E-state index contributed by atoms with van der Waals surface area (Å²) in [4.78, 5) is 33.1. The number of hydrogen-bond acceptors (Lipinski definition) is 5. The van der Waals surface area contributed by atoms with Crippen molar-refractivity contribution in [1.29, 1.82) is 0 Å². The molecule has 13 heteroatoms. The van der Waals surface area contributed by atoms with Crippen LogP contribution in [-0.4, -0.2) is 70.5 Å². The average molecular weight is 502 g/mol. The Labute approximate surface area is 198 Å². The van der Waals surface area contributed by atoms with Crippen LogP contribution >= 0.6 is 11.6 Å². The fraction of sp³-hybridized carbons (Fsp3) is 0.476. The van der Waals surface area contributed by atoms with E-state index in [4.69, 9.17) is 21.2 Å². The van der Waals surface area contributed by atoms with E-state index in [1.54, 1.807) is 4.90 Å². The van der Waals surface area contributed by atoms with Gasteiger partial charge in [0.25, 0.3) is 12.3 Å². The van der Waals surface area contributed by atoms with Crippen molar-refractivity contribution >= 4 is 29.2 Å². The number of hydroxylamine groups is 2. The molecule has 184 valence electrons. The van der Waals surface area contributed by atoms with Gasteiger partial charge in [0.05, 0.1) is 30.4 Å². The summed E-state index contributed by atoms with van der Waals surface area (Å²) < 4.78 is 44.7. The molecule has 0 fully saturated rings. The number of nitrogens with zero attached hydrogens (tertiary/aromatic N) is 4. The molecule has 1 aromatic heterocycles. The Bertz CT molecular complexity index is 1100. The summed E-state index contributed by atoms with van der Waals surface area (Å²) in [5.41, 5.74) is 1.86. The Balaban J connectivity index is 1.54.